The van der Waals surface area contributed by atoms with E-state index in [1.54, 1.807) is 25.2 Å². The molecule has 12 nitrogen and oxygen atoms in total. The number of Topliss-reactive ketones (excluding diaryl/α,β-unsaturated/α-hetero) is 1. The summed E-state index contributed by atoms with van der Waals surface area (Å²) in [6.07, 6.45) is 23.0. The lowest BCUT2D eigenvalue weighted by Gasteiger charge is -2.16. The van der Waals surface area contributed by atoms with Crippen LogP contribution in [0.2, 0.25) is 0 Å². The van der Waals surface area contributed by atoms with Gasteiger partial charge in [0.25, 0.3) is 5.91 Å². The molecule has 0 aromatic carbocycles. The molecule has 4 fully saturated rings. The molecule has 4 aliphatic rings. The summed E-state index contributed by atoms with van der Waals surface area (Å²) in [5.41, 5.74) is -1.30. The molecule has 4 rings (SSSR count). The molecule has 0 saturated carbocycles. The smallest absolute Gasteiger partial charge is 0.337 e. The lowest BCUT2D eigenvalue weighted by atomic mass is 9.93. The highest BCUT2D eigenvalue weighted by molar-refractivity contribution is 8.00. The van der Waals surface area contributed by atoms with Gasteiger partial charge in [0.1, 0.15) is 0 Å². The molecule has 300 valence electrons. The number of aliphatic hydroxyl groups is 1. The number of hydrogen-bond donors (Lipinski definition) is 5. The first kappa shape index (κ1) is 43.3. The van der Waals surface area contributed by atoms with E-state index in [9.17, 15) is 29.1 Å². The van der Waals surface area contributed by atoms with E-state index >= 15 is 0 Å². The Labute approximate surface area is 325 Å². The average molecular weight is 771 g/mol. The van der Waals surface area contributed by atoms with Crippen LogP contribution in [0.4, 0.5) is 4.79 Å². The molecule has 0 radical (unpaired) electrons. The molecule has 54 heavy (non-hydrogen) atoms. The van der Waals surface area contributed by atoms with Gasteiger partial charge in [-0.15, -0.1) is 0 Å². The summed E-state index contributed by atoms with van der Waals surface area (Å²) < 4.78 is 10.9. The summed E-state index contributed by atoms with van der Waals surface area (Å²) in [5.74, 6) is -0.233. The van der Waals surface area contributed by atoms with E-state index in [-0.39, 0.29) is 30.0 Å². The summed E-state index contributed by atoms with van der Waals surface area (Å²) in [6.45, 7) is 7.94. The number of ether oxygens (including phenoxy) is 2. The van der Waals surface area contributed by atoms with Crippen molar-refractivity contribution >= 4 is 41.4 Å². The number of ketones is 1. The van der Waals surface area contributed by atoms with Crippen molar-refractivity contribution in [1.82, 2.24) is 21.3 Å². The molecule has 4 heterocycles. The highest BCUT2D eigenvalue weighted by Gasteiger charge is 2.79. The van der Waals surface area contributed by atoms with E-state index in [1.165, 1.54) is 32.6 Å². The first-order valence-corrected chi connectivity index (χ1v) is 21.0. The molecular formula is C41H62N4O8S. The number of nitrogens with one attached hydrogen (secondary N) is 4. The minimum absolute atomic E-state index is 0.0505. The van der Waals surface area contributed by atoms with Crippen molar-refractivity contribution < 1.29 is 38.6 Å². The van der Waals surface area contributed by atoms with Gasteiger partial charge in [-0.05, 0) is 77.9 Å². The van der Waals surface area contributed by atoms with Gasteiger partial charge in [0.15, 0.2) is 11.8 Å². The number of epoxide rings is 1. The van der Waals surface area contributed by atoms with Gasteiger partial charge in [0, 0.05) is 24.0 Å². The van der Waals surface area contributed by atoms with Gasteiger partial charge in [-0.1, -0.05) is 81.2 Å². The Kier molecular flexibility index (Phi) is 16.9. The normalized spacial score (nSPS) is 27.7. The van der Waals surface area contributed by atoms with Crippen LogP contribution in [-0.2, 0) is 28.7 Å². The summed E-state index contributed by atoms with van der Waals surface area (Å²) in [4.78, 5) is 61.3. The highest BCUT2D eigenvalue weighted by Crippen LogP contribution is 2.49. The Bertz CT molecular complexity index is 1470. The van der Waals surface area contributed by atoms with E-state index in [4.69, 9.17) is 9.47 Å². The fraction of sp³-hybridized carbons (Fsp3) is 0.683. The maximum Gasteiger partial charge on any atom is 0.337 e. The van der Waals surface area contributed by atoms with Gasteiger partial charge in [-0.2, -0.15) is 11.8 Å². The molecule has 4 aliphatic heterocycles. The minimum atomic E-state index is -1.60. The molecule has 4 saturated heterocycles. The molecule has 5 N–H and O–H groups in total. The summed E-state index contributed by atoms with van der Waals surface area (Å²) in [6, 6.07) is 0.441. The predicted molar refractivity (Wildman–Crippen MR) is 211 cm³/mol. The van der Waals surface area contributed by atoms with Crippen LogP contribution in [0, 0.1) is 0 Å². The summed E-state index contributed by atoms with van der Waals surface area (Å²) >= 11 is 1.92. The maximum absolute atomic E-state index is 12.8. The third-order valence-electron chi connectivity index (χ3n) is 10.6. The number of carbonyl (C=O) groups is 5. The maximum atomic E-state index is 12.8. The van der Waals surface area contributed by atoms with Crippen LogP contribution in [0.3, 0.4) is 0 Å². The standard InChI is InChI=1S/C41H62N4O8S/c1-5-30(26-28(2)20-14-13-15-21-29(3)35(47)41-37(53-41)40(4,51)45-38(41)49)36(48)52-25-19-12-10-8-6-7-9-11-18-24-42-33(46)23-17-16-22-32-34-31(27-54-32)43-39(50)44-34/h5,14,20-21,26,31-32,34,37,51H,6-13,15-19,22-25,27H2,1-4H3,(H,42,46)(H,45,49)(H2,43,44,50)/b20-14+,28-26+,29-21+,30-5+/t31-,32-,34-,37-,40?,41+/m0/s1. The van der Waals surface area contributed by atoms with Crippen LogP contribution in [0.1, 0.15) is 124 Å². The first-order chi connectivity index (χ1) is 25.9. The number of amides is 4. The zero-order valence-corrected chi connectivity index (χ0v) is 33.5. The van der Waals surface area contributed by atoms with Gasteiger partial charge in [-0.3, -0.25) is 14.4 Å². The van der Waals surface area contributed by atoms with Crippen molar-refractivity contribution in [3.05, 3.63) is 47.1 Å². The van der Waals surface area contributed by atoms with Crippen molar-refractivity contribution in [3.8, 4) is 0 Å². The molecule has 0 aromatic heterocycles. The Morgan fingerprint density at radius 1 is 0.981 bits per heavy atom. The van der Waals surface area contributed by atoms with E-state index in [0.717, 1.165) is 69.2 Å². The van der Waals surface area contributed by atoms with Crippen molar-refractivity contribution in [2.24, 2.45) is 0 Å². The topological polar surface area (TPSA) is 175 Å². The summed E-state index contributed by atoms with van der Waals surface area (Å²) in [5, 5.41) is 22.1. The van der Waals surface area contributed by atoms with Crippen molar-refractivity contribution in [1.29, 1.82) is 0 Å². The monoisotopic (exact) mass is 770 g/mol. The number of unbranched alkanes of at least 4 members (excludes halogenated alkanes) is 10. The number of thioether (sulfide) groups is 1. The Hall–Kier alpha value is -3.42. The van der Waals surface area contributed by atoms with Crippen LogP contribution >= 0.6 is 11.8 Å². The molecular weight excluding hydrogens is 709 g/mol. The van der Waals surface area contributed by atoms with E-state index in [2.05, 4.69) is 21.3 Å². The van der Waals surface area contributed by atoms with Crippen LogP contribution in [0.15, 0.2) is 47.1 Å². The molecule has 0 aromatic rings. The second-order valence-electron chi connectivity index (χ2n) is 15.2. The second kappa shape index (κ2) is 21.0. The number of allylic oxidation sites excluding steroid dienone is 5. The average Bonchev–Trinajstić information content (AvgIpc) is 3.60. The van der Waals surface area contributed by atoms with E-state index < -0.39 is 29.1 Å². The molecule has 0 spiro atoms. The number of hydrogen-bond acceptors (Lipinski definition) is 9. The zero-order valence-electron chi connectivity index (χ0n) is 32.6. The fourth-order valence-electron chi connectivity index (χ4n) is 7.41. The van der Waals surface area contributed by atoms with Crippen molar-refractivity contribution in [2.45, 2.75) is 159 Å². The van der Waals surface area contributed by atoms with E-state index in [1.807, 2.05) is 37.8 Å². The van der Waals surface area contributed by atoms with Gasteiger partial charge >= 0.3 is 12.0 Å². The van der Waals surface area contributed by atoms with E-state index in [0.29, 0.717) is 42.3 Å². The fourth-order valence-corrected chi connectivity index (χ4v) is 8.95. The third kappa shape index (κ3) is 12.3. The predicted octanol–water partition coefficient (Wildman–Crippen LogP) is 5.60. The third-order valence-corrected chi connectivity index (χ3v) is 12.1. The first-order valence-electron chi connectivity index (χ1n) is 20.0. The Balaban J connectivity index is 0.935. The van der Waals surface area contributed by atoms with Gasteiger partial charge < -0.3 is 35.8 Å². The number of rotatable bonds is 25. The number of esters is 1. The molecule has 1 unspecified atom stereocenters. The SMILES string of the molecule is C\C=C(/C=C(C)/C=C/CC/C=C(\C)C(=O)[C@@]12O[C@H]1C(C)(O)NC2=O)C(=O)OCCCCCCCCCCCNC(=O)CCCC[C@@H]1SC[C@@H]2NC(=O)N[C@@H]21. The van der Waals surface area contributed by atoms with Gasteiger partial charge in [-0.25, -0.2) is 9.59 Å². The summed E-state index contributed by atoms with van der Waals surface area (Å²) in [7, 11) is 0. The van der Waals surface area contributed by atoms with Crippen molar-refractivity contribution in [3.63, 3.8) is 0 Å². The van der Waals surface area contributed by atoms with Crippen LogP contribution < -0.4 is 21.3 Å². The van der Waals surface area contributed by atoms with Gasteiger partial charge in [0.2, 0.25) is 17.3 Å². The molecule has 6 atom stereocenters. The Morgan fingerprint density at radius 3 is 2.35 bits per heavy atom. The molecule has 0 bridgehead atoms. The lowest BCUT2D eigenvalue weighted by molar-refractivity contribution is -0.139. The largest absolute Gasteiger partial charge is 0.462 e. The second-order valence-corrected chi connectivity index (χ2v) is 16.5. The van der Waals surface area contributed by atoms with Crippen molar-refractivity contribution in [2.75, 3.05) is 18.9 Å². The lowest BCUT2D eigenvalue weighted by Crippen LogP contribution is -2.45. The number of carbonyl (C=O) groups excluding carboxylic acids is 5. The number of fused-ring (bicyclic) bond motifs is 2. The van der Waals surface area contributed by atoms with Gasteiger partial charge in [0.05, 0.1) is 24.3 Å². The van der Waals surface area contributed by atoms with Crippen LogP contribution in [0.25, 0.3) is 0 Å². The number of morpholine rings is 1. The quantitative estimate of drug-likeness (QED) is 0.0151. The molecule has 0 aliphatic carbocycles. The number of urea groups is 1. The molecule has 4 amide bonds. The van der Waals surface area contributed by atoms with Crippen LogP contribution in [-0.4, -0.2) is 88.4 Å². The molecule has 13 heteroatoms. The minimum Gasteiger partial charge on any atom is -0.462 e. The highest BCUT2D eigenvalue weighted by atomic mass is 32.2. The van der Waals surface area contributed by atoms with Crippen LogP contribution in [0.5, 0.6) is 0 Å². The Morgan fingerprint density at radius 2 is 1.69 bits per heavy atom. The zero-order chi connectivity index (χ0) is 39.1.